The van der Waals surface area contributed by atoms with Gasteiger partial charge in [0.25, 0.3) is 0 Å². The van der Waals surface area contributed by atoms with Crippen molar-refractivity contribution in [2.75, 3.05) is 17.7 Å². The zero-order chi connectivity index (χ0) is 22.9. The largest absolute Gasteiger partial charge is 0.494 e. The fraction of sp³-hybridized carbons (Fsp3) is 0.320. The SMILES string of the molecule is C=CCn1c(SCC(=O)Nc2c(C)cccc2C)nnc1-c1ccc(OCCCC)cc1. The van der Waals surface area contributed by atoms with Crippen LogP contribution in [0.25, 0.3) is 11.4 Å². The highest BCUT2D eigenvalue weighted by Gasteiger charge is 2.16. The van der Waals surface area contributed by atoms with Crippen LogP contribution in [-0.4, -0.2) is 33.0 Å². The van der Waals surface area contributed by atoms with Gasteiger partial charge in [-0.1, -0.05) is 49.4 Å². The van der Waals surface area contributed by atoms with Crippen LogP contribution in [0.1, 0.15) is 30.9 Å². The van der Waals surface area contributed by atoms with E-state index in [2.05, 4.69) is 29.0 Å². The Morgan fingerprint density at radius 3 is 2.53 bits per heavy atom. The summed E-state index contributed by atoms with van der Waals surface area (Å²) in [6.45, 7) is 11.2. The average molecular weight is 451 g/mol. The van der Waals surface area contributed by atoms with Crippen molar-refractivity contribution in [2.24, 2.45) is 0 Å². The van der Waals surface area contributed by atoms with Crippen molar-refractivity contribution in [3.05, 3.63) is 66.2 Å². The van der Waals surface area contributed by atoms with Crippen molar-refractivity contribution in [1.29, 1.82) is 0 Å². The van der Waals surface area contributed by atoms with Crippen LogP contribution in [-0.2, 0) is 11.3 Å². The number of unbranched alkanes of at least 4 members (excludes halogenated alkanes) is 1. The van der Waals surface area contributed by atoms with Crippen LogP contribution in [0.5, 0.6) is 5.75 Å². The first-order valence-corrected chi connectivity index (χ1v) is 11.8. The highest BCUT2D eigenvalue weighted by Crippen LogP contribution is 2.26. The zero-order valence-electron chi connectivity index (χ0n) is 18.9. The molecule has 1 aromatic heterocycles. The van der Waals surface area contributed by atoms with Crippen molar-refractivity contribution >= 4 is 23.4 Å². The molecule has 3 rings (SSSR count). The van der Waals surface area contributed by atoms with Crippen LogP contribution in [0.15, 0.2) is 60.3 Å². The second kappa shape index (κ2) is 11.5. The van der Waals surface area contributed by atoms with E-state index in [4.69, 9.17) is 4.74 Å². The van der Waals surface area contributed by atoms with Crippen LogP contribution < -0.4 is 10.1 Å². The Morgan fingerprint density at radius 1 is 1.16 bits per heavy atom. The number of carbonyl (C=O) groups excluding carboxylic acids is 1. The van der Waals surface area contributed by atoms with E-state index in [1.165, 1.54) is 11.8 Å². The molecule has 0 aliphatic rings. The van der Waals surface area contributed by atoms with Gasteiger partial charge < -0.3 is 10.1 Å². The summed E-state index contributed by atoms with van der Waals surface area (Å²) in [5.41, 5.74) is 3.90. The van der Waals surface area contributed by atoms with E-state index in [1.54, 1.807) is 6.08 Å². The van der Waals surface area contributed by atoms with Gasteiger partial charge in [-0.15, -0.1) is 16.8 Å². The van der Waals surface area contributed by atoms with Gasteiger partial charge in [0, 0.05) is 17.8 Å². The summed E-state index contributed by atoms with van der Waals surface area (Å²) in [5, 5.41) is 12.4. The van der Waals surface area contributed by atoms with E-state index in [9.17, 15) is 4.79 Å². The highest BCUT2D eigenvalue weighted by molar-refractivity contribution is 7.99. The van der Waals surface area contributed by atoms with Crippen molar-refractivity contribution in [2.45, 2.75) is 45.3 Å². The molecule has 0 fully saturated rings. The number of ether oxygens (including phenoxy) is 1. The number of benzene rings is 2. The second-order valence-electron chi connectivity index (χ2n) is 7.54. The number of hydrogen-bond donors (Lipinski definition) is 1. The third kappa shape index (κ3) is 6.01. The number of nitrogens with one attached hydrogen (secondary N) is 1. The van der Waals surface area contributed by atoms with Gasteiger partial charge >= 0.3 is 0 Å². The molecule has 0 unspecified atom stereocenters. The molecule has 1 N–H and O–H groups in total. The predicted octanol–water partition coefficient (Wildman–Crippen LogP) is 5.66. The Hall–Kier alpha value is -3.06. The average Bonchev–Trinajstić information content (AvgIpc) is 3.18. The van der Waals surface area contributed by atoms with E-state index in [0.717, 1.165) is 46.8 Å². The number of allylic oxidation sites excluding steroid dienone is 1. The molecule has 0 radical (unpaired) electrons. The number of anilines is 1. The first-order valence-electron chi connectivity index (χ1n) is 10.8. The number of amides is 1. The molecule has 7 heteroatoms. The topological polar surface area (TPSA) is 69.0 Å². The molecule has 0 aliphatic carbocycles. The number of carbonyl (C=O) groups is 1. The third-order valence-electron chi connectivity index (χ3n) is 4.99. The Bertz CT molecular complexity index is 1040. The Kier molecular flexibility index (Phi) is 8.50. The summed E-state index contributed by atoms with van der Waals surface area (Å²) in [5.74, 6) is 1.75. The van der Waals surface area contributed by atoms with E-state index in [0.29, 0.717) is 18.3 Å². The van der Waals surface area contributed by atoms with Gasteiger partial charge in [-0.2, -0.15) is 0 Å². The Morgan fingerprint density at radius 2 is 1.88 bits per heavy atom. The minimum atomic E-state index is -0.0734. The zero-order valence-corrected chi connectivity index (χ0v) is 19.7. The molecule has 0 bridgehead atoms. The lowest BCUT2D eigenvalue weighted by Gasteiger charge is -2.12. The first-order chi connectivity index (χ1) is 15.5. The summed E-state index contributed by atoms with van der Waals surface area (Å²) in [7, 11) is 0. The van der Waals surface area contributed by atoms with Gasteiger partial charge in [0.05, 0.1) is 12.4 Å². The minimum Gasteiger partial charge on any atom is -0.494 e. The van der Waals surface area contributed by atoms with Gasteiger partial charge in [-0.3, -0.25) is 9.36 Å². The maximum atomic E-state index is 12.6. The lowest BCUT2D eigenvalue weighted by Crippen LogP contribution is -2.16. The van der Waals surface area contributed by atoms with Gasteiger partial charge in [0.15, 0.2) is 11.0 Å². The maximum absolute atomic E-state index is 12.6. The minimum absolute atomic E-state index is 0.0734. The van der Waals surface area contributed by atoms with Crippen LogP contribution in [0, 0.1) is 13.8 Å². The molecule has 0 atom stereocenters. The molecule has 0 spiro atoms. The molecule has 3 aromatic rings. The van der Waals surface area contributed by atoms with Crippen molar-refractivity contribution < 1.29 is 9.53 Å². The van der Waals surface area contributed by atoms with Crippen molar-refractivity contribution in [3.8, 4) is 17.1 Å². The number of hydrogen-bond acceptors (Lipinski definition) is 5. The molecular formula is C25H30N4O2S. The van der Waals surface area contributed by atoms with E-state index < -0.39 is 0 Å². The number of nitrogens with zero attached hydrogens (tertiary/aromatic N) is 3. The normalized spacial score (nSPS) is 10.7. The molecule has 32 heavy (non-hydrogen) atoms. The Labute approximate surface area is 194 Å². The number of rotatable bonds is 11. The summed E-state index contributed by atoms with van der Waals surface area (Å²) in [4.78, 5) is 12.6. The van der Waals surface area contributed by atoms with Crippen LogP contribution >= 0.6 is 11.8 Å². The molecule has 0 saturated heterocycles. The van der Waals surface area contributed by atoms with E-state index >= 15 is 0 Å². The van der Waals surface area contributed by atoms with E-state index in [-0.39, 0.29) is 11.7 Å². The van der Waals surface area contributed by atoms with Crippen LogP contribution in [0.2, 0.25) is 0 Å². The lowest BCUT2D eigenvalue weighted by atomic mass is 10.1. The fourth-order valence-corrected chi connectivity index (χ4v) is 4.00. The van der Waals surface area contributed by atoms with Crippen LogP contribution in [0.3, 0.4) is 0 Å². The van der Waals surface area contributed by atoms with E-state index in [1.807, 2.05) is 60.9 Å². The number of para-hydroxylation sites is 1. The monoisotopic (exact) mass is 450 g/mol. The molecule has 1 amide bonds. The molecule has 168 valence electrons. The summed E-state index contributed by atoms with van der Waals surface area (Å²) in [6.07, 6.45) is 3.94. The molecule has 1 heterocycles. The fourth-order valence-electron chi connectivity index (χ4n) is 3.25. The van der Waals surface area contributed by atoms with Crippen molar-refractivity contribution in [3.63, 3.8) is 0 Å². The van der Waals surface area contributed by atoms with Gasteiger partial charge in [0.2, 0.25) is 5.91 Å². The van der Waals surface area contributed by atoms with Gasteiger partial charge in [0.1, 0.15) is 5.75 Å². The summed E-state index contributed by atoms with van der Waals surface area (Å²) >= 11 is 1.36. The maximum Gasteiger partial charge on any atom is 0.234 e. The third-order valence-corrected chi connectivity index (χ3v) is 5.95. The second-order valence-corrected chi connectivity index (χ2v) is 8.48. The first kappa shape index (κ1) is 23.6. The van der Waals surface area contributed by atoms with Crippen LogP contribution in [0.4, 0.5) is 5.69 Å². The number of thioether (sulfide) groups is 1. The Balaban J connectivity index is 1.69. The summed E-state index contributed by atoms with van der Waals surface area (Å²) < 4.78 is 7.71. The highest BCUT2D eigenvalue weighted by atomic mass is 32.2. The predicted molar refractivity (Wildman–Crippen MR) is 131 cm³/mol. The van der Waals surface area contributed by atoms with Crippen molar-refractivity contribution in [1.82, 2.24) is 14.8 Å². The lowest BCUT2D eigenvalue weighted by molar-refractivity contribution is -0.113. The quantitative estimate of drug-likeness (QED) is 0.232. The summed E-state index contributed by atoms with van der Waals surface area (Å²) in [6, 6.07) is 13.8. The molecular weight excluding hydrogens is 420 g/mol. The number of aromatic nitrogens is 3. The van der Waals surface area contributed by atoms with Gasteiger partial charge in [-0.25, -0.2) is 0 Å². The van der Waals surface area contributed by atoms with Gasteiger partial charge in [-0.05, 0) is 55.7 Å². The molecule has 0 aliphatic heterocycles. The molecule has 2 aromatic carbocycles. The standard InChI is InChI=1S/C25H30N4O2S/c1-5-7-16-31-21-13-11-20(12-14-21)24-27-28-25(29(24)15-6-2)32-17-22(30)26-23-18(3)9-8-10-19(23)4/h6,8-14H,2,5,7,15-17H2,1,3-4H3,(H,26,30). The number of aryl methyl sites for hydroxylation is 2. The molecule has 6 nitrogen and oxygen atoms in total. The smallest absolute Gasteiger partial charge is 0.234 e. The molecule has 0 saturated carbocycles.